The van der Waals surface area contributed by atoms with Crippen LogP contribution in [0.25, 0.3) is 17.0 Å². The first-order chi connectivity index (χ1) is 16.0. The molecule has 33 heavy (non-hydrogen) atoms. The van der Waals surface area contributed by atoms with Crippen LogP contribution >= 0.6 is 27.5 Å². The molecule has 0 aliphatic carbocycles. The van der Waals surface area contributed by atoms with Crippen molar-refractivity contribution in [3.05, 3.63) is 105 Å². The van der Waals surface area contributed by atoms with Crippen LogP contribution < -0.4 is 5.32 Å². The van der Waals surface area contributed by atoms with E-state index in [2.05, 4.69) is 30.9 Å². The minimum atomic E-state index is -0.225. The van der Waals surface area contributed by atoms with Crippen molar-refractivity contribution < 1.29 is 4.79 Å². The largest absolute Gasteiger partial charge is 0.306 e. The number of nitrogens with one attached hydrogen (secondary N) is 1. The number of nitrogens with zero attached hydrogens (tertiary/aromatic N) is 4. The predicted molar refractivity (Wildman–Crippen MR) is 134 cm³/mol. The van der Waals surface area contributed by atoms with Gasteiger partial charge in [-0.25, -0.2) is 4.98 Å². The first kappa shape index (κ1) is 21.4. The maximum absolute atomic E-state index is 12.9. The number of anilines is 1. The number of hydrogen-bond acceptors (Lipinski definition) is 3. The van der Waals surface area contributed by atoms with E-state index in [1.807, 2.05) is 73.7 Å². The summed E-state index contributed by atoms with van der Waals surface area (Å²) in [4.78, 5) is 17.7. The number of rotatable bonds is 5. The molecule has 0 atom stereocenters. The zero-order valence-electron chi connectivity index (χ0n) is 17.7. The van der Waals surface area contributed by atoms with E-state index in [1.54, 1.807) is 16.8 Å². The molecule has 0 fully saturated rings. The van der Waals surface area contributed by atoms with Crippen molar-refractivity contribution in [2.45, 2.75) is 13.5 Å². The molecule has 6 nitrogen and oxygen atoms in total. The second kappa shape index (κ2) is 8.84. The summed E-state index contributed by atoms with van der Waals surface area (Å²) in [5.41, 5.74) is 4.06. The van der Waals surface area contributed by atoms with Gasteiger partial charge in [-0.1, -0.05) is 57.9 Å². The van der Waals surface area contributed by atoms with E-state index in [4.69, 9.17) is 16.6 Å². The van der Waals surface area contributed by atoms with Crippen molar-refractivity contribution in [3.8, 4) is 5.95 Å². The van der Waals surface area contributed by atoms with Gasteiger partial charge in [0.2, 0.25) is 5.95 Å². The van der Waals surface area contributed by atoms with Gasteiger partial charge in [-0.3, -0.25) is 4.79 Å². The number of amides is 1. The monoisotopic (exact) mass is 519 g/mol. The first-order valence-electron chi connectivity index (χ1n) is 10.3. The molecule has 5 aromatic rings. The van der Waals surface area contributed by atoms with E-state index in [0.717, 1.165) is 26.8 Å². The molecule has 1 amide bonds. The lowest BCUT2D eigenvalue weighted by atomic mass is 10.2. The van der Waals surface area contributed by atoms with E-state index >= 15 is 0 Å². The van der Waals surface area contributed by atoms with Gasteiger partial charge in [0.25, 0.3) is 5.91 Å². The Morgan fingerprint density at radius 3 is 2.55 bits per heavy atom. The van der Waals surface area contributed by atoms with Gasteiger partial charge >= 0.3 is 0 Å². The molecule has 1 N–H and O–H groups in total. The quantitative estimate of drug-likeness (QED) is 0.298. The number of hydrogen-bond donors (Lipinski definition) is 1. The molecule has 0 spiro atoms. The molecule has 5 rings (SSSR count). The Balaban J connectivity index is 1.59. The Morgan fingerprint density at radius 2 is 1.76 bits per heavy atom. The number of para-hydroxylation sites is 2. The summed E-state index contributed by atoms with van der Waals surface area (Å²) in [6.07, 6.45) is 0. The van der Waals surface area contributed by atoms with Gasteiger partial charge in [-0.2, -0.15) is 9.78 Å². The van der Waals surface area contributed by atoms with Crippen LogP contribution in [0.3, 0.4) is 0 Å². The fourth-order valence-corrected chi connectivity index (χ4v) is 4.17. The molecule has 8 heteroatoms. The lowest BCUT2D eigenvalue weighted by Crippen LogP contribution is -2.17. The topological polar surface area (TPSA) is 64.7 Å². The molecule has 0 aliphatic heterocycles. The molecule has 0 saturated carbocycles. The Hall–Kier alpha value is -3.42. The Kier molecular flexibility index (Phi) is 5.74. The molecule has 0 unspecified atom stereocenters. The van der Waals surface area contributed by atoms with Gasteiger partial charge < -0.3 is 9.88 Å². The third kappa shape index (κ3) is 4.29. The van der Waals surface area contributed by atoms with Gasteiger partial charge in [-0.05, 0) is 55.0 Å². The van der Waals surface area contributed by atoms with Crippen LogP contribution in [0.1, 0.15) is 21.6 Å². The van der Waals surface area contributed by atoms with Crippen LogP contribution in [-0.4, -0.2) is 25.2 Å². The zero-order valence-corrected chi connectivity index (χ0v) is 20.0. The fraction of sp³-hybridized carbons (Fsp3) is 0.0800. The van der Waals surface area contributed by atoms with E-state index in [0.29, 0.717) is 28.9 Å². The summed E-state index contributed by atoms with van der Waals surface area (Å²) < 4.78 is 4.63. The molecular formula is C25H19BrClN5O. The summed E-state index contributed by atoms with van der Waals surface area (Å²) in [5.74, 6) is 0.906. The van der Waals surface area contributed by atoms with Gasteiger partial charge in [0.1, 0.15) is 5.82 Å². The summed E-state index contributed by atoms with van der Waals surface area (Å²) in [7, 11) is 0. The van der Waals surface area contributed by atoms with Gasteiger partial charge in [0.15, 0.2) is 0 Å². The summed E-state index contributed by atoms with van der Waals surface area (Å²) in [5, 5.41) is 8.30. The smallest absolute Gasteiger partial charge is 0.256 e. The van der Waals surface area contributed by atoms with Crippen LogP contribution in [0.15, 0.2) is 83.3 Å². The standard InChI is InChI=1S/C25H19BrClN5O/c1-16-14-23(29-24(33)17-10-12-19(26)13-11-17)32(30-16)25-28-21-8-4-5-9-22(21)31(25)15-18-6-2-3-7-20(18)27/h2-14H,15H2,1H3,(H,29,33). The second-order valence-corrected chi connectivity index (χ2v) is 8.94. The van der Waals surface area contributed by atoms with Crippen molar-refractivity contribution in [2.75, 3.05) is 5.32 Å². The Morgan fingerprint density at radius 1 is 1.03 bits per heavy atom. The first-order valence-corrected chi connectivity index (χ1v) is 11.5. The molecule has 2 aromatic heterocycles. The molecule has 3 aromatic carbocycles. The molecule has 164 valence electrons. The van der Waals surface area contributed by atoms with Crippen molar-refractivity contribution in [3.63, 3.8) is 0 Å². The lowest BCUT2D eigenvalue weighted by Gasteiger charge is -2.13. The average molecular weight is 521 g/mol. The van der Waals surface area contributed by atoms with Crippen LogP contribution in [0.5, 0.6) is 0 Å². The fourth-order valence-electron chi connectivity index (χ4n) is 3.71. The van der Waals surface area contributed by atoms with Crippen molar-refractivity contribution in [1.82, 2.24) is 19.3 Å². The highest BCUT2D eigenvalue weighted by Crippen LogP contribution is 2.26. The number of imidazole rings is 1. The maximum atomic E-state index is 12.9. The van der Waals surface area contributed by atoms with Gasteiger partial charge in [0.05, 0.1) is 23.3 Å². The summed E-state index contributed by atoms with van der Waals surface area (Å²) >= 11 is 9.85. The average Bonchev–Trinajstić information content (AvgIpc) is 3.35. The van der Waals surface area contributed by atoms with Crippen LogP contribution in [0.2, 0.25) is 5.02 Å². The summed E-state index contributed by atoms with van der Waals surface area (Å²) in [6, 6.07) is 24.6. The molecule has 0 radical (unpaired) electrons. The van der Waals surface area contributed by atoms with E-state index in [-0.39, 0.29) is 5.91 Å². The third-order valence-corrected chi connectivity index (χ3v) is 6.19. The minimum Gasteiger partial charge on any atom is -0.306 e. The number of halogens is 2. The highest BCUT2D eigenvalue weighted by atomic mass is 79.9. The number of aryl methyl sites for hydroxylation is 1. The van der Waals surface area contributed by atoms with Gasteiger partial charge in [-0.15, -0.1) is 0 Å². The number of fused-ring (bicyclic) bond motifs is 1. The molecule has 0 saturated heterocycles. The van der Waals surface area contributed by atoms with Crippen LogP contribution in [0.4, 0.5) is 5.82 Å². The predicted octanol–water partition coefficient (Wildman–Crippen LogP) is 6.25. The van der Waals surface area contributed by atoms with E-state index < -0.39 is 0 Å². The van der Waals surface area contributed by atoms with Crippen LogP contribution in [-0.2, 0) is 6.54 Å². The lowest BCUT2D eigenvalue weighted by molar-refractivity contribution is 0.102. The normalized spacial score (nSPS) is 11.1. The summed E-state index contributed by atoms with van der Waals surface area (Å²) in [6.45, 7) is 2.39. The highest BCUT2D eigenvalue weighted by molar-refractivity contribution is 9.10. The molecular weight excluding hydrogens is 502 g/mol. The maximum Gasteiger partial charge on any atom is 0.256 e. The molecule has 2 heterocycles. The Bertz CT molecular complexity index is 1470. The second-order valence-electron chi connectivity index (χ2n) is 7.62. The van der Waals surface area contributed by atoms with E-state index in [1.165, 1.54) is 0 Å². The molecule has 0 aliphatic rings. The number of aromatic nitrogens is 4. The number of carbonyl (C=O) groups excluding carboxylic acids is 1. The van der Waals surface area contributed by atoms with Crippen molar-refractivity contribution in [2.24, 2.45) is 0 Å². The Labute approximate surface area is 204 Å². The minimum absolute atomic E-state index is 0.225. The molecule has 0 bridgehead atoms. The third-order valence-electron chi connectivity index (χ3n) is 5.29. The van der Waals surface area contributed by atoms with E-state index in [9.17, 15) is 4.79 Å². The van der Waals surface area contributed by atoms with Crippen molar-refractivity contribution in [1.29, 1.82) is 0 Å². The van der Waals surface area contributed by atoms with Crippen molar-refractivity contribution >= 4 is 50.3 Å². The zero-order chi connectivity index (χ0) is 22.9. The highest BCUT2D eigenvalue weighted by Gasteiger charge is 2.19. The number of benzene rings is 3. The SMILES string of the molecule is Cc1cc(NC(=O)c2ccc(Br)cc2)n(-c2nc3ccccc3n2Cc2ccccc2Cl)n1. The number of carbonyl (C=O) groups is 1. The van der Waals surface area contributed by atoms with Crippen LogP contribution in [0, 0.1) is 6.92 Å². The van der Waals surface area contributed by atoms with Gasteiger partial charge in [0, 0.05) is 21.1 Å².